The third-order valence-corrected chi connectivity index (χ3v) is 3.77. The van der Waals surface area contributed by atoms with Gasteiger partial charge in [-0.05, 0) is 17.2 Å². The number of para-hydroxylation sites is 2. The number of rotatable bonds is 5. The van der Waals surface area contributed by atoms with Gasteiger partial charge in [0.15, 0.2) is 0 Å². The number of nitrogens with zero attached hydrogens (tertiary/aromatic N) is 1. The van der Waals surface area contributed by atoms with Crippen molar-refractivity contribution in [1.29, 1.82) is 0 Å². The first-order chi connectivity index (χ1) is 12.2. The highest BCUT2D eigenvalue weighted by Crippen LogP contribution is 2.31. The molecule has 3 aromatic rings. The van der Waals surface area contributed by atoms with E-state index in [0.717, 1.165) is 11.1 Å². The number of nitro benzene ring substituents is 1. The maximum atomic E-state index is 12.8. The summed E-state index contributed by atoms with van der Waals surface area (Å²) in [5.41, 5.74) is 1.28. The number of carbonyl (C=O) groups is 1. The second-order valence-corrected chi connectivity index (χ2v) is 5.40. The molecule has 3 rings (SSSR count). The summed E-state index contributed by atoms with van der Waals surface area (Å²) in [6.07, 6.45) is 0. The fourth-order valence-corrected chi connectivity index (χ4v) is 2.62. The van der Waals surface area contributed by atoms with Crippen LogP contribution in [-0.4, -0.2) is 10.9 Å². The molecule has 25 heavy (non-hydrogen) atoms. The molecule has 0 radical (unpaired) electrons. The average molecular weight is 333 g/mol. The number of carbonyl (C=O) groups excluding carboxylic acids is 1. The van der Waals surface area contributed by atoms with Gasteiger partial charge in [-0.15, -0.1) is 0 Å². The fraction of sp³-hybridized carbons (Fsp3) is 0.0500. The molecule has 0 unspecified atom stereocenters. The minimum absolute atomic E-state index is 0.0608. The van der Waals surface area contributed by atoms with Crippen LogP contribution in [0.4, 0.5) is 5.69 Å². The van der Waals surface area contributed by atoms with Crippen LogP contribution >= 0.6 is 0 Å². The van der Waals surface area contributed by atoms with Crippen molar-refractivity contribution in [2.24, 2.45) is 0 Å². The standard InChI is InChI=1S/C20H15NO4/c22-20(25-18-14-8-7-13-17(18)21(23)24)19(15-9-3-1-4-10-15)16-11-5-2-6-12-16/h1-14,19H. The van der Waals surface area contributed by atoms with Crippen LogP contribution in [0.2, 0.25) is 0 Å². The molecule has 0 aromatic heterocycles. The molecular formula is C20H15NO4. The fourth-order valence-electron chi connectivity index (χ4n) is 2.62. The first-order valence-corrected chi connectivity index (χ1v) is 7.72. The topological polar surface area (TPSA) is 69.4 Å². The molecule has 0 fully saturated rings. The summed E-state index contributed by atoms with van der Waals surface area (Å²) in [6, 6.07) is 24.2. The minimum atomic E-state index is -0.665. The molecule has 3 aromatic carbocycles. The molecule has 0 aliphatic heterocycles. The first-order valence-electron chi connectivity index (χ1n) is 7.72. The van der Waals surface area contributed by atoms with Crippen LogP contribution in [0, 0.1) is 10.1 Å². The minimum Gasteiger partial charge on any atom is -0.418 e. The second kappa shape index (κ2) is 7.40. The van der Waals surface area contributed by atoms with E-state index in [1.54, 1.807) is 6.07 Å². The molecule has 5 nitrogen and oxygen atoms in total. The Morgan fingerprint density at radius 1 is 0.800 bits per heavy atom. The SMILES string of the molecule is O=C(Oc1ccccc1[N+](=O)[O-])C(c1ccccc1)c1ccccc1. The van der Waals surface area contributed by atoms with Crippen LogP contribution in [0.5, 0.6) is 5.75 Å². The van der Waals surface area contributed by atoms with E-state index in [9.17, 15) is 14.9 Å². The van der Waals surface area contributed by atoms with E-state index in [1.807, 2.05) is 60.7 Å². The van der Waals surface area contributed by atoms with E-state index in [0.29, 0.717) is 0 Å². The zero-order valence-electron chi connectivity index (χ0n) is 13.2. The lowest BCUT2D eigenvalue weighted by atomic mass is 9.91. The number of esters is 1. The number of hydrogen-bond donors (Lipinski definition) is 0. The lowest BCUT2D eigenvalue weighted by Gasteiger charge is -2.16. The van der Waals surface area contributed by atoms with E-state index in [4.69, 9.17) is 4.74 Å². The Morgan fingerprint density at radius 2 is 1.28 bits per heavy atom. The van der Waals surface area contributed by atoms with Crippen molar-refractivity contribution in [1.82, 2.24) is 0 Å². The average Bonchev–Trinajstić information content (AvgIpc) is 2.64. The summed E-state index contributed by atoms with van der Waals surface area (Å²) >= 11 is 0. The van der Waals surface area contributed by atoms with E-state index in [2.05, 4.69) is 0 Å². The molecule has 0 saturated carbocycles. The number of hydrogen-bond acceptors (Lipinski definition) is 4. The highest BCUT2D eigenvalue weighted by atomic mass is 16.6. The third-order valence-electron chi connectivity index (χ3n) is 3.77. The summed E-state index contributed by atoms with van der Waals surface area (Å²) in [5, 5.41) is 11.1. The molecule has 5 heteroatoms. The predicted molar refractivity (Wildman–Crippen MR) is 93.5 cm³/mol. The Kier molecular flexibility index (Phi) is 4.85. The van der Waals surface area contributed by atoms with Gasteiger partial charge in [-0.3, -0.25) is 14.9 Å². The van der Waals surface area contributed by atoms with Gasteiger partial charge in [0.2, 0.25) is 5.75 Å². The molecule has 0 aliphatic carbocycles. The van der Waals surface area contributed by atoms with Crippen LogP contribution < -0.4 is 4.74 Å². The van der Waals surface area contributed by atoms with Crippen molar-refractivity contribution in [3.8, 4) is 5.75 Å². The van der Waals surface area contributed by atoms with Gasteiger partial charge < -0.3 is 4.74 Å². The van der Waals surface area contributed by atoms with Crippen LogP contribution in [0.1, 0.15) is 17.0 Å². The van der Waals surface area contributed by atoms with E-state index >= 15 is 0 Å². The molecule has 0 heterocycles. The van der Waals surface area contributed by atoms with Gasteiger partial charge in [0, 0.05) is 6.07 Å². The summed E-state index contributed by atoms with van der Waals surface area (Å²) in [7, 11) is 0. The number of benzene rings is 3. The largest absolute Gasteiger partial charge is 0.418 e. The van der Waals surface area contributed by atoms with Crippen molar-refractivity contribution in [3.63, 3.8) is 0 Å². The van der Waals surface area contributed by atoms with Gasteiger partial charge in [0.05, 0.1) is 4.92 Å². The Balaban J connectivity index is 1.98. The van der Waals surface area contributed by atoms with Gasteiger partial charge in [-0.25, -0.2) is 0 Å². The lowest BCUT2D eigenvalue weighted by Crippen LogP contribution is -2.20. The highest BCUT2D eigenvalue weighted by Gasteiger charge is 2.27. The zero-order valence-corrected chi connectivity index (χ0v) is 13.2. The first kappa shape index (κ1) is 16.4. The van der Waals surface area contributed by atoms with Gasteiger partial charge in [0.25, 0.3) is 0 Å². The molecule has 0 N–H and O–H groups in total. The van der Waals surface area contributed by atoms with E-state index < -0.39 is 16.8 Å². The predicted octanol–water partition coefficient (Wildman–Crippen LogP) is 4.33. The molecule has 0 amide bonds. The van der Waals surface area contributed by atoms with Crippen LogP contribution in [0.3, 0.4) is 0 Å². The smallest absolute Gasteiger partial charge is 0.323 e. The summed E-state index contributed by atoms with van der Waals surface area (Å²) in [4.78, 5) is 23.4. The summed E-state index contributed by atoms with van der Waals surface area (Å²) in [5.74, 6) is -1.29. The molecule has 0 saturated heterocycles. The van der Waals surface area contributed by atoms with Gasteiger partial charge in [0.1, 0.15) is 5.92 Å². The summed E-state index contributed by atoms with van der Waals surface area (Å²) < 4.78 is 5.40. The molecule has 0 aliphatic rings. The monoisotopic (exact) mass is 333 g/mol. The maximum Gasteiger partial charge on any atom is 0.323 e. The maximum absolute atomic E-state index is 12.8. The normalized spacial score (nSPS) is 10.4. The van der Waals surface area contributed by atoms with Crippen LogP contribution in [-0.2, 0) is 4.79 Å². The number of ether oxygens (including phenoxy) is 1. The van der Waals surface area contributed by atoms with E-state index in [-0.39, 0.29) is 11.4 Å². The van der Waals surface area contributed by atoms with Gasteiger partial charge in [-0.1, -0.05) is 72.8 Å². The van der Waals surface area contributed by atoms with Crippen LogP contribution in [0.15, 0.2) is 84.9 Å². The Bertz CT molecular complexity index is 839. The Morgan fingerprint density at radius 3 is 1.80 bits per heavy atom. The molecule has 124 valence electrons. The van der Waals surface area contributed by atoms with Crippen molar-refractivity contribution in [2.75, 3.05) is 0 Å². The molecular weight excluding hydrogens is 318 g/mol. The zero-order chi connectivity index (χ0) is 17.6. The van der Waals surface area contributed by atoms with Crippen molar-refractivity contribution in [3.05, 3.63) is 106 Å². The van der Waals surface area contributed by atoms with Crippen molar-refractivity contribution in [2.45, 2.75) is 5.92 Å². The number of nitro groups is 1. The summed E-state index contributed by atoms with van der Waals surface area (Å²) in [6.45, 7) is 0. The van der Waals surface area contributed by atoms with Crippen molar-refractivity contribution < 1.29 is 14.5 Å². The highest BCUT2D eigenvalue weighted by molar-refractivity contribution is 5.84. The van der Waals surface area contributed by atoms with Gasteiger partial charge in [-0.2, -0.15) is 0 Å². The Hall–Kier alpha value is -3.47. The van der Waals surface area contributed by atoms with E-state index in [1.165, 1.54) is 18.2 Å². The Labute approximate surface area is 144 Å². The van der Waals surface area contributed by atoms with Crippen LogP contribution in [0.25, 0.3) is 0 Å². The molecule has 0 spiro atoms. The quantitative estimate of drug-likeness (QED) is 0.301. The van der Waals surface area contributed by atoms with Crippen molar-refractivity contribution >= 4 is 11.7 Å². The van der Waals surface area contributed by atoms with Gasteiger partial charge >= 0.3 is 11.7 Å². The molecule has 0 atom stereocenters. The molecule has 0 bridgehead atoms. The third kappa shape index (κ3) is 3.72. The lowest BCUT2D eigenvalue weighted by molar-refractivity contribution is -0.385. The second-order valence-electron chi connectivity index (χ2n) is 5.40.